The molecule has 0 atom stereocenters. The van der Waals surface area contributed by atoms with Gasteiger partial charge in [-0.25, -0.2) is 4.98 Å². The molecule has 23 heavy (non-hydrogen) atoms. The monoisotopic (exact) mass is 348 g/mol. The fourth-order valence-electron chi connectivity index (χ4n) is 2.04. The Labute approximate surface area is 140 Å². The van der Waals surface area contributed by atoms with Gasteiger partial charge in [0.25, 0.3) is 5.91 Å². The molecule has 0 spiro atoms. The number of hydrogen-bond donors (Lipinski definition) is 3. The zero-order valence-corrected chi connectivity index (χ0v) is 13.5. The summed E-state index contributed by atoms with van der Waals surface area (Å²) in [5, 5.41) is 8.41. The van der Waals surface area contributed by atoms with E-state index in [9.17, 15) is 9.59 Å². The summed E-state index contributed by atoms with van der Waals surface area (Å²) in [7, 11) is 0. The van der Waals surface area contributed by atoms with Crippen LogP contribution in [0.25, 0.3) is 10.9 Å². The lowest BCUT2D eigenvalue weighted by Gasteiger charge is -2.05. The quantitative estimate of drug-likeness (QED) is 0.618. The van der Waals surface area contributed by atoms with Gasteiger partial charge >= 0.3 is 0 Å². The molecule has 0 saturated carbocycles. The Hall–Kier alpha value is -2.38. The lowest BCUT2D eigenvalue weighted by Crippen LogP contribution is -2.36. The predicted octanol–water partition coefficient (Wildman–Crippen LogP) is 2.32. The second kappa shape index (κ2) is 6.80. The van der Waals surface area contributed by atoms with Crippen LogP contribution in [0.4, 0.5) is 0 Å². The number of amides is 2. The third-order valence-corrected chi connectivity index (χ3v) is 4.25. The molecule has 3 aromatic rings. The summed E-state index contributed by atoms with van der Waals surface area (Å²) in [6.45, 7) is 0.376. The predicted molar refractivity (Wildman–Crippen MR) is 89.6 cm³/mol. The highest BCUT2D eigenvalue weighted by Gasteiger charge is 2.11. The van der Waals surface area contributed by atoms with Crippen LogP contribution in [0.3, 0.4) is 0 Å². The second-order valence-electron chi connectivity index (χ2n) is 4.82. The SMILES string of the molecule is O=C(CNC(=O)c1cc2cc(Cl)ncc2[nH]1)NCc1cccs1. The van der Waals surface area contributed by atoms with E-state index in [4.69, 9.17) is 11.6 Å². The number of rotatable bonds is 5. The van der Waals surface area contributed by atoms with E-state index in [0.717, 1.165) is 10.3 Å². The average molecular weight is 349 g/mol. The van der Waals surface area contributed by atoms with Gasteiger partial charge in [-0.05, 0) is 23.6 Å². The van der Waals surface area contributed by atoms with Gasteiger partial charge in [-0.2, -0.15) is 0 Å². The molecule has 3 heterocycles. The summed E-state index contributed by atoms with van der Waals surface area (Å²) in [6, 6.07) is 7.19. The van der Waals surface area contributed by atoms with Crippen molar-refractivity contribution < 1.29 is 9.59 Å². The molecule has 118 valence electrons. The molecular weight excluding hydrogens is 336 g/mol. The average Bonchev–Trinajstić information content (AvgIpc) is 3.19. The number of nitrogens with zero attached hydrogens (tertiary/aromatic N) is 1. The van der Waals surface area contributed by atoms with Gasteiger partial charge in [0.1, 0.15) is 10.8 Å². The Morgan fingerprint density at radius 2 is 2.17 bits per heavy atom. The number of nitrogens with one attached hydrogen (secondary N) is 3. The van der Waals surface area contributed by atoms with Crippen molar-refractivity contribution in [1.29, 1.82) is 0 Å². The van der Waals surface area contributed by atoms with Gasteiger partial charge in [0.15, 0.2) is 0 Å². The van der Waals surface area contributed by atoms with Crippen molar-refractivity contribution in [1.82, 2.24) is 20.6 Å². The van der Waals surface area contributed by atoms with Crippen LogP contribution in [-0.4, -0.2) is 28.3 Å². The fourth-order valence-corrected chi connectivity index (χ4v) is 2.85. The second-order valence-corrected chi connectivity index (χ2v) is 6.24. The first-order chi connectivity index (χ1) is 11.1. The summed E-state index contributed by atoms with van der Waals surface area (Å²) in [5.74, 6) is -0.601. The van der Waals surface area contributed by atoms with Crippen LogP contribution in [0.15, 0.2) is 35.8 Å². The van der Waals surface area contributed by atoms with Gasteiger partial charge in [0.2, 0.25) is 5.91 Å². The van der Waals surface area contributed by atoms with Crippen molar-refractivity contribution in [3.8, 4) is 0 Å². The molecule has 0 aliphatic rings. The lowest BCUT2D eigenvalue weighted by molar-refractivity contribution is -0.120. The van der Waals surface area contributed by atoms with Gasteiger partial charge in [-0.15, -0.1) is 11.3 Å². The molecule has 0 fully saturated rings. The van der Waals surface area contributed by atoms with Crippen LogP contribution in [0.2, 0.25) is 5.15 Å². The first kappa shape index (κ1) is 15.5. The number of halogens is 1. The van der Waals surface area contributed by atoms with Crippen LogP contribution in [-0.2, 0) is 11.3 Å². The summed E-state index contributed by atoms with van der Waals surface area (Å²) < 4.78 is 0. The third kappa shape index (κ3) is 3.88. The molecule has 3 N–H and O–H groups in total. The number of carbonyl (C=O) groups excluding carboxylic acids is 2. The van der Waals surface area contributed by atoms with E-state index in [1.807, 2.05) is 17.5 Å². The molecule has 0 aliphatic heterocycles. The summed E-state index contributed by atoms with van der Waals surface area (Å²) in [6.07, 6.45) is 1.56. The molecule has 2 amide bonds. The number of pyridine rings is 1. The minimum atomic E-state index is -0.358. The van der Waals surface area contributed by atoms with E-state index in [-0.39, 0.29) is 18.4 Å². The Morgan fingerprint density at radius 3 is 2.96 bits per heavy atom. The number of H-pyrrole nitrogens is 1. The zero-order chi connectivity index (χ0) is 16.2. The highest BCUT2D eigenvalue weighted by atomic mass is 35.5. The van der Waals surface area contributed by atoms with Crippen molar-refractivity contribution in [3.05, 3.63) is 51.6 Å². The number of carbonyl (C=O) groups is 2. The van der Waals surface area contributed by atoms with Crippen LogP contribution in [0.1, 0.15) is 15.4 Å². The smallest absolute Gasteiger partial charge is 0.268 e. The number of hydrogen-bond acceptors (Lipinski definition) is 4. The maximum Gasteiger partial charge on any atom is 0.268 e. The Balaban J connectivity index is 1.54. The summed E-state index contributed by atoms with van der Waals surface area (Å²) in [4.78, 5) is 31.7. The van der Waals surface area contributed by atoms with E-state index in [0.29, 0.717) is 22.9 Å². The lowest BCUT2D eigenvalue weighted by atomic mass is 10.3. The minimum Gasteiger partial charge on any atom is -0.350 e. The van der Waals surface area contributed by atoms with E-state index < -0.39 is 0 Å². The molecule has 8 heteroatoms. The van der Waals surface area contributed by atoms with Crippen molar-refractivity contribution in [3.63, 3.8) is 0 Å². The Bertz CT molecular complexity index is 844. The van der Waals surface area contributed by atoms with E-state index in [2.05, 4.69) is 20.6 Å². The topological polar surface area (TPSA) is 86.9 Å². The summed E-state index contributed by atoms with van der Waals surface area (Å²) in [5.41, 5.74) is 1.07. The first-order valence-electron chi connectivity index (χ1n) is 6.83. The van der Waals surface area contributed by atoms with Crippen LogP contribution in [0.5, 0.6) is 0 Å². The van der Waals surface area contributed by atoms with Crippen molar-refractivity contribution in [2.45, 2.75) is 6.54 Å². The largest absolute Gasteiger partial charge is 0.350 e. The molecular formula is C15H13ClN4O2S. The van der Waals surface area contributed by atoms with E-state index >= 15 is 0 Å². The van der Waals surface area contributed by atoms with Gasteiger partial charge < -0.3 is 15.6 Å². The van der Waals surface area contributed by atoms with Crippen molar-refractivity contribution in [2.75, 3.05) is 6.54 Å². The maximum absolute atomic E-state index is 12.1. The van der Waals surface area contributed by atoms with Gasteiger partial charge in [-0.1, -0.05) is 17.7 Å². The molecule has 0 aromatic carbocycles. The Morgan fingerprint density at radius 1 is 1.30 bits per heavy atom. The third-order valence-electron chi connectivity index (χ3n) is 3.17. The molecule has 3 rings (SSSR count). The van der Waals surface area contributed by atoms with Crippen LogP contribution in [0, 0.1) is 0 Å². The standard InChI is InChI=1S/C15H13ClN4O2S/c16-13-5-9-4-11(20-12(9)7-17-13)15(22)19-8-14(21)18-6-10-2-1-3-23-10/h1-5,7,20H,6,8H2,(H,18,21)(H,19,22). The van der Waals surface area contributed by atoms with Gasteiger partial charge in [0.05, 0.1) is 24.8 Å². The molecule has 0 unspecified atom stereocenters. The van der Waals surface area contributed by atoms with Crippen LogP contribution < -0.4 is 10.6 Å². The van der Waals surface area contributed by atoms with Gasteiger partial charge in [-0.3, -0.25) is 9.59 Å². The highest BCUT2D eigenvalue weighted by Crippen LogP contribution is 2.17. The minimum absolute atomic E-state index is 0.0847. The Kier molecular flexibility index (Phi) is 4.59. The number of aromatic amines is 1. The zero-order valence-electron chi connectivity index (χ0n) is 11.9. The fraction of sp³-hybridized carbons (Fsp3) is 0.133. The molecule has 0 radical (unpaired) electrons. The molecule has 3 aromatic heterocycles. The maximum atomic E-state index is 12.1. The molecule has 0 bridgehead atoms. The van der Waals surface area contributed by atoms with Crippen molar-refractivity contribution >= 4 is 45.7 Å². The van der Waals surface area contributed by atoms with E-state index in [1.54, 1.807) is 29.7 Å². The molecule has 6 nitrogen and oxygen atoms in total. The van der Waals surface area contributed by atoms with E-state index in [1.165, 1.54) is 0 Å². The van der Waals surface area contributed by atoms with Gasteiger partial charge in [0, 0.05) is 10.3 Å². The van der Waals surface area contributed by atoms with Crippen LogP contribution >= 0.6 is 22.9 Å². The highest BCUT2D eigenvalue weighted by molar-refractivity contribution is 7.09. The number of fused-ring (bicyclic) bond motifs is 1. The number of aromatic nitrogens is 2. The normalized spacial score (nSPS) is 10.7. The molecule has 0 saturated heterocycles. The first-order valence-corrected chi connectivity index (χ1v) is 8.09. The van der Waals surface area contributed by atoms with Crippen molar-refractivity contribution in [2.24, 2.45) is 0 Å². The number of thiophene rings is 1. The summed E-state index contributed by atoms with van der Waals surface area (Å²) >= 11 is 7.38. The molecule has 0 aliphatic carbocycles.